The second kappa shape index (κ2) is 8.30. The minimum Gasteiger partial charge on any atom is -0.485 e. The second-order valence-electron chi connectivity index (χ2n) is 6.54. The van der Waals surface area contributed by atoms with Crippen LogP contribution in [0.3, 0.4) is 0 Å². The molecule has 2 aromatic heterocycles. The van der Waals surface area contributed by atoms with Gasteiger partial charge in [-0.3, -0.25) is 0 Å². The lowest BCUT2D eigenvalue weighted by atomic mass is 10.1. The molecular weight excluding hydrogens is 349 g/mol. The van der Waals surface area contributed by atoms with Crippen LogP contribution in [-0.4, -0.2) is 31.3 Å². The van der Waals surface area contributed by atoms with Gasteiger partial charge < -0.3 is 14.5 Å². The highest BCUT2D eigenvalue weighted by Crippen LogP contribution is 2.27. The quantitative estimate of drug-likeness (QED) is 0.690. The van der Waals surface area contributed by atoms with E-state index in [2.05, 4.69) is 20.1 Å². The number of hydrogen-bond acceptors (Lipinski definition) is 5. The molecule has 0 saturated carbocycles. The zero-order valence-electron chi connectivity index (χ0n) is 15.0. The van der Waals surface area contributed by atoms with Crippen LogP contribution >= 0.6 is 0 Å². The number of H-pyrrole nitrogens is 1. The van der Waals surface area contributed by atoms with E-state index < -0.39 is 0 Å². The van der Waals surface area contributed by atoms with Crippen molar-refractivity contribution in [1.29, 1.82) is 0 Å². The first-order valence-electron chi connectivity index (χ1n) is 9.19. The summed E-state index contributed by atoms with van der Waals surface area (Å²) in [5.41, 5.74) is 1.04. The minimum absolute atomic E-state index is 0.0454. The van der Waals surface area contributed by atoms with E-state index in [9.17, 15) is 4.39 Å². The topological polar surface area (TPSA) is 77.9 Å². The van der Waals surface area contributed by atoms with Gasteiger partial charge in [0.2, 0.25) is 0 Å². The highest BCUT2D eigenvalue weighted by Gasteiger charge is 2.23. The lowest BCUT2D eigenvalue weighted by Gasteiger charge is -2.22. The Morgan fingerprint density at radius 3 is 3.07 bits per heavy atom. The molecule has 3 aromatic rings. The van der Waals surface area contributed by atoms with Crippen molar-refractivity contribution in [2.75, 3.05) is 6.61 Å². The summed E-state index contributed by atoms with van der Waals surface area (Å²) >= 11 is 0. The molecule has 8 heteroatoms. The fraction of sp³-hybridized carbons (Fsp3) is 0.421. The lowest BCUT2D eigenvalue weighted by Crippen LogP contribution is -2.18. The van der Waals surface area contributed by atoms with Crippen LogP contribution in [0.4, 0.5) is 4.39 Å². The van der Waals surface area contributed by atoms with E-state index in [0.29, 0.717) is 18.1 Å². The van der Waals surface area contributed by atoms with E-state index in [1.165, 1.54) is 12.1 Å². The van der Waals surface area contributed by atoms with E-state index in [4.69, 9.17) is 9.47 Å². The molecule has 4 rings (SSSR count). The van der Waals surface area contributed by atoms with Gasteiger partial charge in [0.15, 0.2) is 11.6 Å². The van der Waals surface area contributed by atoms with Crippen molar-refractivity contribution >= 4 is 0 Å². The van der Waals surface area contributed by atoms with Crippen molar-refractivity contribution in [2.45, 2.75) is 44.9 Å². The third kappa shape index (κ3) is 4.51. The van der Waals surface area contributed by atoms with Gasteiger partial charge in [0, 0.05) is 37.5 Å². The molecule has 1 N–H and O–H groups in total. The molecule has 1 fully saturated rings. The van der Waals surface area contributed by atoms with Gasteiger partial charge in [0.05, 0.1) is 6.33 Å². The summed E-state index contributed by atoms with van der Waals surface area (Å²) in [5.74, 6) is 1.52. The number of hydrogen-bond donors (Lipinski definition) is 1. The molecule has 0 radical (unpaired) electrons. The van der Waals surface area contributed by atoms with E-state index in [1.807, 2.05) is 10.9 Å². The van der Waals surface area contributed by atoms with Crippen LogP contribution in [0, 0.1) is 5.82 Å². The first kappa shape index (κ1) is 17.7. The van der Waals surface area contributed by atoms with Crippen molar-refractivity contribution in [2.24, 2.45) is 0 Å². The zero-order valence-corrected chi connectivity index (χ0v) is 15.0. The number of aromatic nitrogens is 5. The molecule has 1 atom stereocenters. The van der Waals surface area contributed by atoms with Gasteiger partial charge in [-0.05, 0) is 31.4 Å². The van der Waals surface area contributed by atoms with Crippen LogP contribution in [0.2, 0.25) is 0 Å². The molecule has 142 valence electrons. The van der Waals surface area contributed by atoms with Gasteiger partial charge in [-0.2, -0.15) is 5.10 Å². The number of benzene rings is 1. The Labute approximate surface area is 156 Å². The summed E-state index contributed by atoms with van der Waals surface area (Å²) in [6.07, 6.45) is 7.33. The summed E-state index contributed by atoms with van der Waals surface area (Å²) in [5, 5.41) is 4.59. The summed E-state index contributed by atoms with van der Waals surface area (Å²) < 4.78 is 26.7. The van der Waals surface area contributed by atoms with E-state index in [1.54, 1.807) is 18.5 Å². The molecule has 0 aliphatic carbocycles. The van der Waals surface area contributed by atoms with Crippen LogP contribution in [-0.2, 0) is 24.3 Å². The van der Waals surface area contributed by atoms with Crippen LogP contribution in [0.5, 0.6) is 5.75 Å². The molecule has 0 amide bonds. The molecule has 0 spiro atoms. The van der Waals surface area contributed by atoms with Crippen LogP contribution in [0.25, 0.3) is 0 Å². The standard InChI is InChI=1S/C19H22FN5O2/c20-14-4-3-5-16(10-14)27-12-18-23-19(17-6-1-2-9-26-17)25(24-18)8-7-15-11-21-13-22-15/h3-5,10-11,13,17H,1-2,6-9,12H2,(H,21,22)/t17-/m1/s1. The van der Waals surface area contributed by atoms with Crippen LogP contribution in [0.1, 0.15) is 42.7 Å². The van der Waals surface area contributed by atoms with Crippen molar-refractivity contribution in [3.8, 4) is 5.75 Å². The highest BCUT2D eigenvalue weighted by molar-refractivity contribution is 5.22. The summed E-state index contributed by atoms with van der Waals surface area (Å²) in [6.45, 7) is 1.60. The minimum atomic E-state index is -0.332. The number of halogens is 1. The average molecular weight is 371 g/mol. The summed E-state index contributed by atoms with van der Waals surface area (Å²) in [6, 6.07) is 6.06. The molecule has 27 heavy (non-hydrogen) atoms. The number of aryl methyl sites for hydroxylation is 2. The predicted octanol–water partition coefficient (Wildman–Crippen LogP) is 3.20. The van der Waals surface area contributed by atoms with Crippen molar-refractivity contribution < 1.29 is 13.9 Å². The maximum atomic E-state index is 13.3. The Kier molecular flexibility index (Phi) is 5.43. The fourth-order valence-corrected chi connectivity index (χ4v) is 3.16. The molecule has 0 bridgehead atoms. The van der Waals surface area contributed by atoms with Gasteiger partial charge >= 0.3 is 0 Å². The third-order valence-corrected chi connectivity index (χ3v) is 4.52. The first-order chi connectivity index (χ1) is 13.3. The Balaban J connectivity index is 1.49. The van der Waals surface area contributed by atoms with Gasteiger partial charge in [-0.25, -0.2) is 19.0 Å². The molecule has 3 heterocycles. The first-order valence-corrected chi connectivity index (χ1v) is 9.19. The molecule has 7 nitrogen and oxygen atoms in total. The predicted molar refractivity (Wildman–Crippen MR) is 95.6 cm³/mol. The van der Waals surface area contributed by atoms with Crippen molar-refractivity contribution in [3.63, 3.8) is 0 Å². The SMILES string of the molecule is Fc1cccc(OCc2nc([C@H]3CCCCO3)n(CCc3cnc[nH]3)n2)c1. The molecule has 1 aromatic carbocycles. The summed E-state index contributed by atoms with van der Waals surface area (Å²) in [4.78, 5) is 11.8. The molecule has 0 unspecified atom stereocenters. The Bertz CT molecular complexity index is 859. The van der Waals surface area contributed by atoms with Gasteiger partial charge in [-0.1, -0.05) is 6.07 Å². The Morgan fingerprint density at radius 2 is 2.30 bits per heavy atom. The average Bonchev–Trinajstić information content (AvgIpc) is 3.35. The Hall–Kier alpha value is -2.74. The maximum Gasteiger partial charge on any atom is 0.188 e. The van der Waals surface area contributed by atoms with E-state index >= 15 is 0 Å². The zero-order chi connectivity index (χ0) is 18.5. The fourth-order valence-electron chi connectivity index (χ4n) is 3.16. The third-order valence-electron chi connectivity index (χ3n) is 4.52. The monoisotopic (exact) mass is 371 g/mol. The van der Waals surface area contributed by atoms with Crippen LogP contribution < -0.4 is 4.74 Å². The number of imidazole rings is 1. The largest absolute Gasteiger partial charge is 0.485 e. The summed E-state index contributed by atoms with van der Waals surface area (Å²) in [7, 11) is 0. The van der Waals surface area contributed by atoms with E-state index in [0.717, 1.165) is 43.8 Å². The number of nitrogens with zero attached hydrogens (tertiary/aromatic N) is 4. The highest BCUT2D eigenvalue weighted by atomic mass is 19.1. The molecule has 1 saturated heterocycles. The molecule has 1 aliphatic heterocycles. The van der Waals surface area contributed by atoms with Gasteiger partial charge in [0.25, 0.3) is 0 Å². The van der Waals surface area contributed by atoms with Gasteiger partial charge in [-0.15, -0.1) is 0 Å². The lowest BCUT2D eigenvalue weighted by molar-refractivity contribution is 0.00665. The molecule has 1 aliphatic rings. The number of rotatable bonds is 7. The Morgan fingerprint density at radius 1 is 1.33 bits per heavy atom. The normalized spacial score (nSPS) is 17.1. The number of aromatic amines is 1. The van der Waals surface area contributed by atoms with Crippen molar-refractivity contribution in [3.05, 3.63) is 59.9 Å². The second-order valence-corrected chi connectivity index (χ2v) is 6.54. The molecular formula is C19H22FN5O2. The smallest absolute Gasteiger partial charge is 0.188 e. The number of ether oxygens (including phenoxy) is 2. The van der Waals surface area contributed by atoms with E-state index in [-0.39, 0.29) is 18.5 Å². The van der Waals surface area contributed by atoms with Crippen molar-refractivity contribution in [1.82, 2.24) is 24.7 Å². The number of nitrogens with one attached hydrogen (secondary N) is 1. The van der Waals surface area contributed by atoms with Crippen LogP contribution in [0.15, 0.2) is 36.8 Å². The van der Waals surface area contributed by atoms with Gasteiger partial charge in [0.1, 0.15) is 24.3 Å². The maximum absolute atomic E-state index is 13.3.